The Bertz CT molecular complexity index is 416. The Morgan fingerprint density at radius 3 is 1.79 bits per heavy atom. The van der Waals surface area contributed by atoms with Gasteiger partial charge in [-0.05, 0) is 18.2 Å². The molecule has 0 atom stereocenters. The highest BCUT2D eigenvalue weighted by Gasteiger charge is 2.11. The average molecular weight is 195 g/mol. The first-order valence-corrected chi connectivity index (χ1v) is 3.49. The summed E-state index contributed by atoms with van der Waals surface area (Å²) < 4.78 is 24.4. The maximum absolute atomic E-state index is 12.2. The van der Waals surface area contributed by atoms with E-state index in [2.05, 4.69) is 0 Å². The van der Waals surface area contributed by atoms with Gasteiger partial charge in [-0.15, -0.1) is 0 Å². The van der Waals surface area contributed by atoms with Gasteiger partial charge in [-0.2, -0.15) is 14.0 Å². The first-order valence-electron chi connectivity index (χ1n) is 3.49. The fourth-order valence-corrected chi connectivity index (χ4v) is 0.919. The van der Waals surface area contributed by atoms with E-state index >= 15 is 0 Å². The van der Waals surface area contributed by atoms with Crippen molar-refractivity contribution in [2.24, 2.45) is 0 Å². The molecule has 0 bridgehead atoms. The van der Waals surface area contributed by atoms with E-state index in [4.69, 9.17) is 5.26 Å². The van der Waals surface area contributed by atoms with Crippen molar-refractivity contribution in [3.8, 4) is 6.07 Å². The van der Waals surface area contributed by atoms with Crippen LogP contribution in [0.1, 0.15) is 26.3 Å². The van der Waals surface area contributed by atoms with Gasteiger partial charge in [0, 0.05) is 0 Å². The lowest BCUT2D eigenvalue weighted by molar-refractivity contribution is 0.0834. The maximum Gasteiger partial charge on any atom is 0.332 e. The van der Waals surface area contributed by atoms with Crippen molar-refractivity contribution in [3.63, 3.8) is 0 Å². The van der Waals surface area contributed by atoms with Crippen LogP contribution in [0.4, 0.5) is 8.78 Å². The maximum atomic E-state index is 12.2. The van der Waals surface area contributed by atoms with Crippen molar-refractivity contribution in [3.05, 3.63) is 34.9 Å². The molecule has 0 aliphatic rings. The number of halogens is 2. The lowest BCUT2D eigenvalue weighted by Gasteiger charge is -1.96. The Morgan fingerprint density at radius 2 is 1.50 bits per heavy atom. The number of benzene rings is 1. The van der Waals surface area contributed by atoms with E-state index in [1.165, 1.54) is 0 Å². The third-order valence-corrected chi connectivity index (χ3v) is 1.52. The van der Waals surface area contributed by atoms with Crippen molar-refractivity contribution in [1.29, 1.82) is 5.26 Å². The Balaban J connectivity index is 3.36. The molecule has 0 amide bonds. The highest BCUT2D eigenvalue weighted by molar-refractivity contribution is 5.95. The van der Waals surface area contributed by atoms with Gasteiger partial charge in [-0.1, -0.05) is 0 Å². The zero-order valence-electron chi connectivity index (χ0n) is 6.75. The molecule has 0 radical (unpaired) electrons. The van der Waals surface area contributed by atoms with Crippen molar-refractivity contribution >= 4 is 12.1 Å². The van der Waals surface area contributed by atoms with Gasteiger partial charge in [-0.3, -0.25) is 9.59 Å². The summed E-state index contributed by atoms with van der Waals surface area (Å²) in [5.74, 6) is 0. The molecule has 1 aromatic carbocycles. The molecule has 0 N–H and O–H groups in total. The first kappa shape index (κ1) is 9.99. The van der Waals surface area contributed by atoms with Gasteiger partial charge in [0.05, 0.1) is 22.8 Å². The quantitative estimate of drug-likeness (QED) is 0.675. The summed E-state index contributed by atoms with van der Waals surface area (Å²) in [7, 11) is 0. The van der Waals surface area contributed by atoms with Gasteiger partial charge in [0.25, 0.3) is 0 Å². The highest BCUT2D eigenvalue weighted by atomic mass is 19.1. The van der Waals surface area contributed by atoms with Crippen LogP contribution in [-0.4, -0.2) is 12.1 Å². The summed E-state index contributed by atoms with van der Waals surface area (Å²) in [6.45, 7) is 0. The minimum Gasteiger partial charge on any atom is -0.255 e. The molecule has 70 valence electrons. The number of hydrogen-bond donors (Lipinski definition) is 0. The second-order valence-electron chi connectivity index (χ2n) is 2.46. The summed E-state index contributed by atoms with van der Waals surface area (Å²) in [4.78, 5) is 20.6. The minimum atomic E-state index is -1.82. The van der Waals surface area contributed by atoms with Gasteiger partial charge < -0.3 is 0 Å². The molecule has 0 saturated carbocycles. The Hall–Kier alpha value is -2.09. The summed E-state index contributed by atoms with van der Waals surface area (Å²) in [5, 5.41) is 8.43. The van der Waals surface area contributed by atoms with Crippen LogP contribution in [0.2, 0.25) is 0 Å². The Morgan fingerprint density at radius 1 is 1.07 bits per heavy atom. The van der Waals surface area contributed by atoms with Crippen LogP contribution in [0.25, 0.3) is 0 Å². The molecule has 0 spiro atoms. The normalized spacial score (nSPS) is 9.21. The number of nitrogens with zero attached hydrogens (tertiary/aromatic N) is 1. The lowest BCUT2D eigenvalue weighted by Crippen LogP contribution is -1.97. The van der Waals surface area contributed by atoms with Crippen LogP contribution in [-0.2, 0) is 0 Å². The van der Waals surface area contributed by atoms with Crippen LogP contribution in [0.15, 0.2) is 18.2 Å². The van der Waals surface area contributed by atoms with Crippen molar-refractivity contribution in [2.75, 3.05) is 0 Å². The van der Waals surface area contributed by atoms with Crippen LogP contribution >= 0.6 is 0 Å². The number of rotatable bonds is 2. The van der Waals surface area contributed by atoms with E-state index in [0.29, 0.717) is 0 Å². The van der Waals surface area contributed by atoms with Gasteiger partial charge in [-0.25, -0.2) is 0 Å². The Kier molecular flexibility index (Phi) is 2.67. The van der Waals surface area contributed by atoms with E-state index in [0.717, 1.165) is 18.2 Å². The first-order chi connectivity index (χ1) is 6.54. The number of carbonyl (C=O) groups is 2. The average Bonchev–Trinajstić information content (AvgIpc) is 2.16. The fourth-order valence-electron chi connectivity index (χ4n) is 0.919. The summed E-state index contributed by atoms with van der Waals surface area (Å²) in [6.07, 6.45) is 0. The SMILES string of the molecule is N#Cc1cc(C(=O)F)cc(C(=O)F)c1. The predicted octanol–water partition coefficient (Wildman–Crippen LogP) is 1.78. The number of carbonyl (C=O) groups excluding carboxylic acids is 2. The van der Waals surface area contributed by atoms with Crippen LogP contribution in [0.3, 0.4) is 0 Å². The van der Waals surface area contributed by atoms with Crippen molar-refractivity contribution in [2.45, 2.75) is 0 Å². The third-order valence-electron chi connectivity index (χ3n) is 1.52. The zero-order chi connectivity index (χ0) is 10.7. The van der Waals surface area contributed by atoms with E-state index in [1.807, 2.05) is 0 Å². The van der Waals surface area contributed by atoms with E-state index in [-0.39, 0.29) is 5.56 Å². The van der Waals surface area contributed by atoms with Gasteiger partial charge in [0.1, 0.15) is 0 Å². The van der Waals surface area contributed by atoms with E-state index in [9.17, 15) is 18.4 Å². The highest BCUT2D eigenvalue weighted by Crippen LogP contribution is 2.12. The Labute approximate surface area is 77.6 Å². The summed E-state index contributed by atoms with van der Waals surface area (Å²) in [5.41, 5.74) is -1.16. The summed E-state index contributed by atoms with van der Waals surface area (Å²) >= 11 is 0. The van der Waals surface area contributed by atoms with Crippen molar-refractivity contribution in [1.82, 2.24) is 0 Å². The molecule has 3 nitrogen and oxygen atoms in total. The molecule has 0 heterocycles. The minimum absolute atomic E-state index is 0.144. The second-order valence-corrected chi connectivity index (χ2v) is 2.46. The predicted molar refractivity (Wildman–Crippen MR) is 42.0 cm³/mol. The number of hydrogen-bond acceptors (Lipinski definition) is 3. The molecule has 0 fully saturated rings. The molecule has 0 saturated heterocycles. The van der Waals surface area contributed by atoms with Gasteiger partial charge in [0.2, 0.25) is 0 Å². The molecule has 0 aromatic heterocycles. The standard InChI is InChI=1S/C9H3F2NO2/c10-8(13)6-1-5(4-12)2-7(3-6)9(11)14/h1-3H. The van der Waals surface area contributed by atoms with Gasteiger partial charge >= 0.3 is 12.1 Å². The molecule has 0 aliphatic carbocycles. The van der Waals surface area contributed by atoms with Crippen LogP contribution in [0.5, 0.6) is 0 Å². The largest absolute Gasteiger partial charge is 0.332 e. The van der Waals surface area contributed by atoms with Crippen LogP contribution in [0, 0.1) is 11.3 Å². The lowest BCUT2D eigenvalue weighted by atomic mass is 10.1. The van der Waals surface area contributed by atoms with Crippen LogP contribution < -0.4 is 0 Å². The fraction of sp³-hybridized carbons (Fsp3) is 0. The molecular weight excluding hydrogens is 192 g/mol. The molecule has 5 heteroatoms. The second kappa shape index (κ2) is 3.75. The topological polar surface area (TPSA) is 57.9 Å². The molecule has 1 aromatic rings. The molecule has 1 rings (SSSR count). The number of nitriles is 1. The zero-order valence-corrected chi connectivity index (χ0v) is 6.75. The van der Waals surface area contributed by atoms with Gasteiger partial charge in [0.15, 0.2) is 0 Å². The molecule has 0 unspecified atom stereocenters. The smallest absolute Gasteiger partial charge is 0.255 e. The molecular formula is C9H3F2NO2. The van der Waals surface area contributed by atoms with Crippen molar-refractivity contribution < 1.29 is 18.4 Å². The van der Waals surface area contributed by atoms with E-state index < -0.39 is 23.2 Å². The van der Waals surface area contributed by atoms with E-state index in [1.54, 1.807) is 6.07 Å². The monoisotopic (exact) mass is 195 g/mol. The molecule has 14 heavy (non-hydrogen) atoms. The summed E-state index contributed by atoms with van der Waals surface area (Å²) in [6, 6.07) is 0.583. The molecule has 0 aliphatic heterocycles. The third kappa shape index (κ3) is 1.98.